The zero-order valence-electron chi connectivity index (χ0n) is 13.3. The third-order valence-electron chi connectivity index (χ3n) is 3.87. The Morgan fingerprint density at radius 1 is 1.40 bits per heavy atom. The van der Waals surface area contributed by atoms with Crippen molar-refractivity contribution < 1.29 is 28.3 Å². The first-order valence-electron chi connectivity index (χ1n) is 7.89. The van der Waals surface area contributed by atoms with E-state index >= 15 is 0 Å². The standard InChI is InChI=1S/C17H17FN2O5/c18-12-3-1-2-4-15(12)24-9-11-8-13(20-25-11)16(21)19-14(17(22)23)7-10-5-6-10/h1-4,8,10,14H,5-7,9H2,(H,19,21)(H,22,23). The number of carboxylic acids is 1. The smallest absolute Gasteiger partial charge is 0.326 e. The van der Waals surface area contributed by atoms with Crippen LogP contribution in [0.5, 0.6) is 5.75 Å². The molecule has 1 amide bonds. The molecule has 2 aromatic rings. The molecule has 0 saturated heterocycles. The Labute approximate surface area is 142 Å². The average Bonchev–Trinajstić information content (AvgIpc) is 3.27. The van der Waals surface area contributed by atoms with Gasteiger partial charge in [0.15, 0.2) is 23.0 Å². The largest absolute Gasteiger partial charge is 0.482 e. The fourth-order valence-electron chi connectivity index (χ4n) is 2.34. The predicted octanol–water partition coefficient (Wildman–Crippen LogP) is 2.38. The van der Waals surface area contributed by atoms with Gasteiger partial charge in [-0.3, -0.25) is 4.79 Å². The fraction of sp³-hybridized carbons (Fsp3) is 0.353. The van der Waals surface area contributed by atoms with E-state index in [2.05, 4.69) is 10.5 Å². The topological polar surface area (TPSA) is 102 Å². The second-order valence-electron chi connectivity index (χ2n) is 5.94. The van der Waals surface area contributed by atoms with E-state index in [0.29, 0.717) is 12.3 Å². The highest BCUT2D eigenvalue weighted by atomic mass is 19.1. The number of nitrogens with one attached hydrogen (secondary N) is 1. The Hall–Kier alpha value is -2.90. The van der Waals surface area contributed by atoms with Crippen molar-refractivity contribution in [3.63, 3.8) is 0 Å². The van der Waals surface area contributed by atoms with Gasteiger partial charge in [-0.05, 0) is 24.5 Å². The van der Waals surface area contributed by atoms with Gasteiger partial charge < -0.3 is 19.7 Å². The second-order valence-corrected chi connectivity index (χ2v) is 5.94. The van der Waals surface area contributed by atoms with Gasteiger partial charge in [0.2, 0.25) is 0 Å². The van der Waals surface area contributed by atoms with Crippen LogP contribution in [-0.2, 0) is 11.4 Å². The number of aromatic nitrogens is 1. The van der Waals surface area contributed by atoms with Gasteiger partial charge in [0.25, 0.3) is 5.91 Å². The molecule has 0 bridgehead atoms. The Morgan fingerprint density at radius 2 is 2.16 bits per heavy atom. The number of carbonyl (C=O) groups excluding carboxylic acids is 1. The van der Waals surface area contributed by atoms with Crippen LogP contribution in [0.25, 0.3) is 0 Å². The number of nitrogens with zero attached hydrogens (tertiary/aromatic N) is 1. The first kappa shape index (κ1) is 16.9. The van der Waals surface area contributed by atoms with Crippen LogP contribution in [0, 0.1) is 11.7 Å². The van der Waals surface area contributed by atoms with E-state index in [9.17, 15) is 19.1 Å². The minimum Gasteiger partial charge on any atom is -0.482 e. The molecule has 1 aliphatic carbocycles. The van der Waals surface area contributed by atoms with Crippen molar-refractivity contribution in [2.75, 3.05) is 0 Å². The van der Waals surface area contributed by atoms with E-state index < -0.39 is 23.7 Å². The summed E-state index contributed by atoms with van der Waals surface area (Å²) in [6.45, 7) is -0.106. The van der Waals surface area contributed by atoms with Crippen molar-refractivity contribution >= 4 is 11.9 Å². The minimum absolute atomic E-state index is 0.0471. The molecule has 25 heavy (non-hydrogen) atoms. The number of hydrogen-bond acceptors (Lipinski definition) is 5. The van der Waals surface area contributed by atoms with E-state index in [1.807, 2.05) is 0 Å². The van der Waals surface area contributed by atoms with Crippen molar-refractivity contribution in [1.82, 2.24) is 10.5 Å². The molecule has 132 valence electrons. The summed E-state index contributed by atoms with van der Waals surface area (Å²) in [7, 11) is 0. The number of carboxylic acid groups (broad SMARTS) is 1. The lowest BCUT2D eigenvalue weighted by atomic mass is 10.1. The molecule has 3 rings (SSSR count). The zero-order valence-corrected chi connectivity index (χ0v) is 13.3. The maximum atomic E-state index is 13.5. The summed E-state index contributed by atoms with van der Waals surface area (Å²) in [6, 6.07) is 6.29. The first-order valence-corrected chi connectivity index (χ1v) is 7.89. The number of aliphatic carboxylic acids is 1. The van der Waals surface area contributed by atoms with Crippen LogP contribution in [0.3, 0.4) is 0 Å². The SMILES string of the molecule is O=C(NC(CC1CC1)C(=O)O)c1cc(COc2ccccc2F)on1. The molecule has 0 spiro atoms. The summed E-state index contributed by atoms with van der Waals surface area (Å²) in [5.74, 6) is -1.59. The maximum absolute atomic E-state index is 13.5. The van der Waals surface area contributed by atoms with Crippen molar-refractivity contribution in [3.8, 4) is 5.75 Å². The fourth-order valence-corrected chi connectivity index (χ4v) is 2.34. The van der Waals surface area contributed by atoms with Crippen LogP contribution in [0.15, 0.2) is 34.9 Å². The van der Waals surface area contributed by atoms with E-state index in [4.69, 9.17) is 9.26 Å². The number of hydrogen-bond donors (Lipinski definition) is 2. The van der Waals surface area contributed by atoms with Crippen molar-refractivity contribution in [3.05, 3.63) is 47.6 Å². The second kappa shape index (κ2) is 7.33. The molecule has 1 unspecified atom stereocenters. The van der Waals surface area contributed by atoms with Crippen LogP contribution in [0.2, 0.25) is 0 Å². The summed E-state index contributed by atoms with van der Waals surface area (Å²) in [6.07, 6.45) is 2.38. The van der Waals surface area contributed by atoms with E-state index in [1.54, 1.807) is 12.1 Å². The Balaban J connectivity index is 1.57. The van der Waals surface area contributed by atoms with Crippen molar-refractivity contribution in [1.29, 1.82) is 0 Å². The summed E-state index contributed by atoms with van der Waals surface area (Å²) < 4.78 is 23.7. The Morgan fingerprint density at radius 3 is 2.84 bits per heavy atom. The molecule has 1 aromatic heterocycles. The summed E-state index contributed by atoms with van der Waals surface area (Å²) in [4.78, 5) is 23.3. The molecule has 1 fully saturated rings. The number of ether oxygens (including phenoxy) is 1. The zero-order chi connectivity index (χ0) is 17.8. The van der Waals surface area contributed by atoms with Crippen LogP contribution >= 0.6 is 0 Å². The molecule has 8 heteroatoms. The van der Waals surface area contributed by atoms with Crippen LogP contribution < -0.4 is 10.1 Å². The monoisotopic (exact) mass is 348 g/mol. The highest BCUT2D eigenvalue weighted by Gasteiger charge is 2.31. The molecule has 0 radical (unpaired) electrons. The van der Waals surface area contributed by atoms with Gasteiger partial charge in [0.05, 0.1) is 0 Å². The molecular weight excluding hydrogens is 331 g/mol. The van der Waals surface area contributed by atoms with E-state index in [0.717, 1.165) is 12.8 Å². The third-order valence-corrected chi connectivity index (χ3v) is 3.87. The Kier molecular flexibility index (Phi) is 4.97. The lowest BCUT2D eigenvalue weighted by Crippen LogP contribution is -2.41. The van der Waals surface area contributed by atoms with Crippen LogP contribution in [0.4, 0.5) is 4.39 Å². The number of amides is 1. The number of carbonyl (C=O) groups is 2. The Bertz CT molecular complexity index is 772. The number of halogens is 1. The van der Waals surface area contributed by atoms with Gasteiger partial charge in [-0.2, -0.15) is 0 Å². The minimum atomic E-state index is -1.08. The molecule has 2 N–H and O–H groups in total. The summed E-state index contributed by atoms with van der Waals surface area (Å²) >= 11 is 0. The number of rotatable bonds is 8. The average molecular weight is 348 g/mol. The van der Waals surface area contributed by atoms with Gasteiger partial charge in [-0.15, -0.1) is 0 Å². The molecular formula is C17H17FN2O5. The highest BCUT2D eigenvalue weighted by molar-refractivity contribution is 5.94. The quantitative estimate of drug-likeness (QED) is 0.759. The first-order chi connectivity index (χ1) is 12.0. The van der Waals surface area contributed by atoms with E-state index in [1.165, 1.54) is 18.2 Å². The molecule has 1 heterocycles. The number of benzene rings is 1. The molecule has 1 atom stereocenters. The normalized spacial score (nSPS) is 14.8. The van der Waals surface area contributed by atoms with Crippen molar-refractivity contribution in [2.24, 2.45) is 5.92 Å². The maximum Gasteiger partial charge on any atom is 0.326 e. The highest BCUT2D eigenvalue weighted by Crippen LogP contribution is 2.33. The molecule has 1 aliphatic rings. The third kappa shape index (κ3) is 4.56. The summed E-state index contributed by atoms with van der Waals surface area (Å²) in [5, 5.41) is 15.2. The lowest BCUT2D eigenvalue weighted by molar-refractivity contribution is -0.139. The summed E-state index contributed by atoms with van der Waals surface area (Å²) in [5.41, 5.74) is -0.0471. The molecule has 0 aliphatic heterocycles. The van der Waals surface area contributed by atoms with Gasteiger partial charge in [0, 0.05) is 6.07 Å². The van der Waals surface area contributed by atoms with Gasteiger partial charge in [0.1, 0.15) is 12.6 Å². The van der Waals surface area contributed by atoms with Crippen molar-refractivity contribution in [2.45, 2.75) is 31.9 Å². The van der Waals surface area contributed by atoms with Gasteiger partial charge in [-0.25, -0.2) is 9.18 Å². The van der Waals surface area contributed by atoms with Crippen LogP contribution in [0.1, 0.15) is 35.5 Å². The number of para-hydroxylation sites is 1. The van der Waals surface area contributed by atoms with Gasteiger partial charge >= 0.3 is 5.97 Å². The predicted molar refractivity (Wildman–Crippen MR) is 83.5 cm³/mol. The lowest BCUT2D eigenvalue weighted by Gasteiger charge is -2.12. The molecule has 1 aromatic carbocycles. The van der Waals surface area contributed by atoms with Crippen LogP contribution in [-0.4, -0.2) is 28.2 Å². The molecule has 7 nitrogen and oxygen atoms in total. The molecule has 1 saturated carbocycles. The van der Waals surface area contributed by atoms with E-state index in [-0.39, 0.29) is 23.8 Å². The van der Waals surface area contributed by atoms with Gasteiger partial charge in [-0.1, -0.05) is 30.1 Å².